The van der Waals surface area contributed by atoms with Crippen molar-refractivity contribution in [3.05, 3.63) is 191 Å². The molecule has 400 valence electrons. The predicted molar refractivity (Wildman–Crippen MR) is 324 cm³/mol. The zero-order valence-electron chi connectivity index (χ0n) is 51.9. The maximum atomic E-state index is 12.8. The quantitative estimate of drug-likeness (QED) is 0.110. The maximum absolute atomic E-state index is 12.8. The summed E-state index contributed by atoms with van der Waals surface area (Å²) in [7, 11) is 0. The Kier molecular flexibility index (Phi) is 14.8. The molecule has 0 atom stereocenters. The minimum absolute atomic E-state index is 0. The second-order valence-electron chi connectivity index (χ2n) is 23.9. The number of aromatic hydroxyl groups is 1. The van der Waals surface area contributed by atoms with Crippen LogP contribution in [0.2, 0.25) is 0 Å². The Labute approximate surface area is 481 Å². The topological polar surface area (TPSA) is 50.9 Å². The van der Waals surface area contributed by atoms with Crippen molar-refractivity contribution in [2.75, 3.05) is 0 Å². The van der Waals surface area contributed by atoms with Crippen molar-refractivity contribution < 1.29 is 31.7 Å². The van der Waals surface area contributed by atoms with Gasteiger partial charge in [-0.15, -0.1) is 23.8 Å². The van der Waals surface area contributed by atoms with Gasteiger partial charge in [0.25, 0.3) is 0 Å². The van der Waals surface area contributed by atoms with E-state index in [9.17, 15) is 9.22 Å². The summed E-state index contributed by atoms with van der Waals surface area (Å²) in [4.78, 5) is 10.6. The number of benzene rings is 7. The van der Waals surface area contributed by atoms with Crippen molar-refractivity contribution in [3.63, 3.8) is 0 Å². The number of pyridine rings is 1. The van der Waals surface area contributed by atoms with Crippen LogP contribution in [-0.2, 0) is 42.7 Å². The Morgan fingerprint density at radius 2 is 1.19 bits per heavy atom. The van der Waals surface area contributed by atoms with E-state index >= 15 is 0 Å². The third kappa shape index (κ3) is 10.9. The second kappa shape index (κ2) is 22.2. The number of para-hydroxylation sites is 1. The van der Waals surface area contributed by atoms with Crippen LogP contribution in [0.25, 0.3) is 83.9 Å². The summed E-state index contributed by atoms with van der Waals surface area (Å²) in [5.41, 5.74) is 15.7. The number of nitrogens with zero attached hydrogens (tertiary/aromatic N) is 3. The van der Waals surface area contributed by atoms with Crippen LogP contribution in [0.5, 0.6) is 5.75 Å². The summed E-state index contributed by atoms with van der Waals surface area (Å²) in [5.74, 6) is -0.175. The molecule has 0 unspecified atom stereocenters. The van der Waals surface area contributed by atoms with E-state index in [1.165, 1.54) is 11.1 Å². The van der Waals surface area contributed by atoms with Crippen LogP contribution in [0, 0.1) is 12.9 Å². The van der Waals surface area contributed by atoms with Crippen LogP contribution in [0.15, 0.2) is 152 Å². The van der Waals surface area contributed by atoms with Gasteiger partial charge in [0.15, 0.2) is 0 Å². The second-order valence-corrected chi connectivity index (χ2v) is 23.9. The smallest absolute Gasteiger partial charge is 0.148 e. The predicted octanol–water partition coefficient (Wildman–Crippen LogP) is 20.1. The molecule has 2 heterocycles. The number of hydrogen-bond acceptors (Lipinski definition) is 3. The van der Waals surface area contributed by atoms with Crippen LogP contribution in [-0.4, -0.2) is 19.6 Å². The molecule has 2 aromatic heterocycles. The number of rotatable bonds is 14. The minimum Gasteiger partial charge on any atom is -0.507 e. The molecule has 0 aliphatic carbocycles. The first-order valence-electron chi connectivity index (χ1n) is 29.5. The average Bonchev–Trinajstić information content (AvgIpc) is 4.09. The van der Waals surface area contributed by atoms with Crippen LogP contribution in [0.3, 0.4) is 0 Å². The third-order valence-corrected chi connectivity index (χ3v) is 16.8. The standard InChI is InChI=1S/C72H80N3O.Pt/c1-16-71(14,17-2)59-28-24-29-60(72(15,18-3)19-4)65(59)52-35-36-63(47(7)39-52)75-64-30-23-27-57(66(64)74-68(75)58-44-56(69(8,9)10)45-61(67(58)76)70(11,12)13)54-40-53(49-25-21-20-22-26-49)41-55(42-54)62-43-51(37-38-73-62)50-33-31-48(32-34-50)46(5)6;/h20-41,43-46,76H,16-19H2,1-15H3;/q-1;/i7D3,46D;. The summed E-state index contributed by atoms with van der Waals surface area (Å²) in [5, 5.41) is 12.8. The van der Waals surface area contributed by atoms with Crippen LogP contribution < -0.4 is 0 Å². The Morgan fingerprint density at radius 1 is 0.584 bits per heavy atom. The van der Waals surface area contributed by atoms with E-state index in [4.69, 9.17) is 11.3 Å². The summed E-state index contributed by atoms with van der Waals surface area (Å²) in [6, 6.07) is 53.6. The molecule has 7 aromatic carbocycles. The van der Waals surface area contributed by atoms with E-state index in [0.717, 1.165) is 98.1 Å². The summed E-state index contributed by atoms with van der Waals surface area (Å²) >= 11 is 0. The van der Waals surface area contributed by atoms with E-state index in [2.05, 4.69) is 168 Å². The van der Waals surface area contributed by atoms with Crippen molar-refractivity contribution in [3.8, 4) is 78.6 Å². The van der Waals surface area contributed by atoms with Gasteiger partial charge < -0.3 is 5.11 Å². The van der Waals surface area contributed by atoms with Crippen molar-refractivity contribution in [1.29, 1.82) is 0 Å². The first kappa shape index (κ1) is 51.4. The molecule has 77 heavy (non-hydrogen) atoms. The molecule has 0 fully saturated rings. The van der Waals surface area contributed by atoms with Crippen molar-refractivity contribution >= 4 is 11.0 Å². The van der Waals surface area contributed by atoms with Gasteiger partial charge in [0, 0.05) is 44.0 Å². The van der Waals surface area contributed by atoms with Crippen molar-refractivity contribution in [2.24, 2.45) is 0 Å². The monoisotopic (exact) mass is 1200 g/mol. The Bertz CT molecular complexity index is 3700. The van der Waals surface area contributed by atoms with Crippen LogP contribution in [0.1, 0.15) is 167 Å². The van der Waals surface area contributed by atoms with Gasteiger partial charge in [-0.25, -0.2) is 4.98 Å². The maximum Gasteiger partial charge on any atom is 0.148 e. The number of hydrogen-bond donors (Lipinski definition) is 1. The summed E-state index contributed by atoms with van der Waals surface area (Å²) in [6.07, 6.45) is 5.54. The minimum atomic E-state index is -2.57. The van der Waals surface area contributed by atoms with Crippen LogP contribution in [0.4, 0.5) is 0 Å². The Hall–Kier alpha value is -6.35. The Morgan fingerprint density at radius 3 is 1.79 bits per heavy atom. The molecule has 0 saturated heterocycles. The molecule has 5 heteroatoms. The number of aryl methyl sites for hydroxylation is 1. The first-order chi connectivity index (χ1) is 37.6. The number of phenols is 1. The summed E-state index contributed by atoms with van der Waals surface area (Å²) < 4.78 is 38.9. The van der Waals surface area contributed by atoms with Gasteiger partial charge in [0.1, 0.15) is 11.6 Å². The van der Waals surface area contributed by atoms with E-state index in [1.54, 1.807) is 0 Å². The zero-order valence-corrected chi connectivity index (χ0v) is 50.1. The van der Waals surface area contributed by atoms with Gasteiger partial charge in [-0.1, -0.05) is 217 Å². The molecular weight excluding hydrogens is 1120 g/mol. The van der Waals surface area contributed by atoms with Gasteiger partial charge in [-0.3, -0.25) is 9.55 Å². The van der Waals surface area contributed by atoms with Gasteiger partial charge in [-0.05, 0) is 146 Å². The SMILES string of the molecule is [2H]C([2H])([2H])c1cc(-c2c(C(C)(CC)CC)cccc2C(C)(CC)CC)ccc1-n1c(-c2cc(C(C)(C)C)cc(C(C)(C)C)c2O)nc2c(-c3[c-]c(-c4cc(-c5ccc(C([2H])(C)C)cc5)ccn4)cc(-c4ccccc4)c3)cccc21.[Pt]. The first-order valence-corrected chi connectivity index (χ1v) is 27.5. The van der Waals surface area contributed by atoms with Gasteiger partial charge >= 0.3 is 0 Å². The molecule has 0 radical (unpaired) electrons. The Balaban J connectivity index is 0.00000860. The largest absolute Gasteiger partial charge is 0.507 e. The van der Waals surface area contributed by atoms with Crippen molar-refractivity contribution in [1.82, 2.24) is 14.5 Å². The van der Waals surface area contributed by atoms with E-state index < -0.39 is 18.2 Å². The molecule has 0 saturated carbocycles. The fourth-order valence-corrected chi connectivity index (χ4v) is 11.0. The molecule has 0 aliphatic heterocycles. The van der Waals surface area contributed by atoms with Gasteiger partial charge in [-0.2, -0.15) is 0 Å². The molecule has 9 rings (SSSR count). The number of phenolic OH excluding ortho intramolecular Hbond substituents is 1. The molecular formula is C72H80N3OPt-. The third-order valence-electron chi connectivity index (χ3n) is 16.8. The molecule has 9 aromatic rings. The number of aromatic nitrogens is 3. The fourth-order valence-electron chi connectivity index (χ4n) is 11.0. The number of fused-ring (bicyclic) bond motifs is 1. The van der Waals surface area contributed by atoms with Crippen molar-refractivity contribution in [2.45, 2.75) is 157 Å². The molecule has 0 aliphatic rings. The fraction of sp³-hybridized carbons (Fsp3) is 0.333. The molecule has 0 amide bonds. The summed E-state index contributed by atoms with van der Waals surface area (Å²) in [6.45, 7) is 27.7. The average molecular weight is 1200 g/mol. The van der Waals surface area contributed by atoms with Gasteiger partial charge in [0.05, 0.1) is 22.3 Å². The zero-order chi connectivity index (χ0) is 57.9. The van der Waals surface area contributed by atoms with E-state index in [1.807, 2.05) is 91.3 Å². The molecule has 4 nitrogen and oxygen atoms in total. The van der Waals surface area contributed by atoms with E-state index in [0.29, 0.717) is 28.1 Å². The van der Waals surface area contributed by atoms with E-state index in [-0.39, 0.29) is 48.6 Å². The molecule has 0 bridgehead atoms. The molecule has 0 spiro atoms. The van der Waals surface area contributed by atoms with Crippen LogP contribution >= 0.6 is 0 Å². The van der Waals surface area contributed by atoms with Gasteiger partial charge in [0.2, 0.25) is 0 Å². The number of imidazole rings is 1. The molecule has 1 N–H and O–H groups in total. The normalized spacial score (nSPS) is 13.4.